The largest absolute Gasteiger partial charge is 0.495 e. The van der Waals surface area contributed by atoms with Gasteiger partial charge in [0.1, 0.15) is 11.5 Å². The third-order valence-electron chi connectivity index (χ3n) is 4.45. The summed E-state index contributed by atoms with van der Waals surface area (Å²) in [5.41, 5.74) is 0.548. The second-order valence-corrected chi connectivity index (χ2v) is 7.01. The number of anilines is 1. The number of hydrogen-bond donors (Lipinski definition) is 1. The van der Waals surface area contributed by atoms with Gasteiger partial charge in [0.2, 0.25) is 0 Å². The molecule has 1 fully saturated rings. The Kier molecular flexibility index (Phi) is 7.81. The van der Waals surface area contributed by atoms with Crippen molar-refractivity contribution in [2.24, 2.45) is 0 Å². The minimum Gasteiger partial charge on any atom is -0.495 e. The predicted molar refractivity (Wildman–Crippen MR) is 105 cm³/mol. The minimum absolute atomic E-state index is 0.138. The first-order valence-electron chi connectivity index (χ1n) is 8.79. The van der Waals surface area contributed by atoms with Gasteiger partial charge in [0.05, 0.1) is 24.9 Å². The summed E-state index contributed by atoms with van der Waals surface area (Å²) in [6, 6.07) is 3.18. The first-order chi connectivity index (χ1) is 12.4. The highest BCUT2D eigenvalue weighted by molar-refractivity contribution is 6.32. The van der Waals surface area contributed by atoms with E-state index in [-0.39, 0.29) is 6.03 Å². The standard InChI is InChI=1S/C18H29ClN4O3/c1-21(2)6-5-7-22-8-10-23(11-9-22)18(24)20-15-13-16(25-3)14(19)12-17(15)26-4/h12-13H,5-11H2,1-4H3,(H,20,24). The number of halogens is 1. The number of urea groups is 1. The van der Waals surface area contributed by atoms with Gasteiger partial charge in [-0.3, -0.25) is 4.90 Å². The van der Waals surface area contributed by atoms with Crippen molar-refractivity contribution in [2.45, 2.75) is 6.42 Å². The number of ether oxygens (including phenoxy) is 2. The predicted octanol–water partition coefficient (Wildman–Crippen LogP) is 2.46. The summed E-state index contributed by atoms with van der Waals surface area (Å²) in [4.78, 5) is 19.0. The molecular weight excluding hydrogens is 356 g/mol. The maximum Gasteiger partial charge on any atom is 0.322 e. The van der Waals surface area contributed by atoms with Crippen LogP contribution < -0.4 is 14.8 Å². The van der Waals surface area contributed by atoms with Crippen molar-refractivity contribution in [3.8, 4) is 11.5 Å². The summed E-state index contributed by atoms with van der Waals surface area (Å²) >= 11 is 6.11. The molecule has 0 bridgehead atoms. The molecule has 146 valence electrons. The van der Waals surface area contributed by atoms with E-state index in [1.165, 1.54) is 7.11 Å². The van der Waals surface area contributed by atoms with Crippen LogP contribution in [-0.4, -0.2) is 88.3 Å². The van der Waals surface area contributed by atoms with Crippen LogP contribution in [0.3, 0.4) is 0 Å². The minimum atomic E-state index is -0.138. The lowest BCUT2D eigenvalue weighted by Gasteiger charge is -2.35. The van der Waals surface area contributed by atoms with E-state index in [1.54, 1.807) is 19.2 Å². The molecule has 1 aliphatic rings. The molecule has 1 saturated heterocycles. The Morgan fingerprint density at radius 1 is 1.15 bits per heavy atom. The van der Waals surface area contributed by atoms with Crippen LogP contribution >= 0.6 is 11.6 Å². The zero-order valence-corrected chi connectivity index (χ0v) is 16.8. The van der Waals surface area contributed by atoms with Crippen molar-refractivity contribution in [1.29, 1.82) is 0 Å². The monoisotopic (exact) mass is 384 g/mol. The van der Waals surface area contributed by atoms with Crippen LogP contribution in [0, 0.1) is 0 Å². The van der Waals surface area contributed by atoms with E-state index in [4.69, 9.17) is 21.1 Å². The summed E-state index contributed by atoms with van der Waals surface area (Å²) in [6.45, 7) is 5.35. The van der Waals surface area contributed by atoms with Crippen LogP contribution in [0.5, 0.6) is 11.5 Å². The van der Waals surface area contributed by atoms with Crippen molar-refractivity contribution < 1.29 is 14.3 Å². The average molecular weight is 385 g/mol. The summed E-state index contributed by atoms with van der Waals surface area (Å²) in [5.74, 6) is 1.000. The van der Waals surface area contributed by atoms with Gasteiger partial charge in [0.25, 0.3) is 0 Å². The molecule has 2 rings (SSSR count). The summed E-state index contributed by atoms with van der Waals surface area (Å²) < 4.78 is 10.5. The second-order valence-electron chi connectivity index (χ2n) is 6.60. The number of amides is 2. The van der Waals surface area contributed by atoms with Gasteiger partial charge in [0.15, 0.2) is 0 Å². The number of benzene rings is 1. The molecule has 26 heavy (non-hydrogen) atoms. The molecule has 1 heterocycles. The number of nitrogens with zero attached hydrogens (tertiary/aromatic N) is 3. The summed E-state index contributed by atoms with van der Waals surface area (Å²) in [5, 5.41) is 3.34. The molecule has 7 nitrogen and oxygen atoms in total. The van der Waals surface area contributed by atoms with Crippen LogP contribution in [0.4, 0.5) is 10.5 Å². The fraction of sp³-hybridized carbons (Fsp3) is 0.611. The second kappa shape index (κ2) is 9.85. The lowest BCUT2D eigenvalue weighted by Crippen LogP contribution is -2.50. The Balaban J connectivity index is 1.89. The topological polar surface area (TPSA) is 57.3 Å². The van der Waals surface area contributed by atoms with Gasteiger partial charge >= 0.3 is 6.03 Å². The smallest absolute Gasteiger partial charge is 0.322 e. The fourth-order valence-corrected chi connectivity index (χ4v) is 3.17. The molecule has 1 aromatic rings. The summed E-state index contributed by atoms with van der Waals surface area (Å²) in [6.07, 6.45) is 1.14. The van der Waals surface area contributed by atoms with Gasteiger partial charge in [0, 0.05) is 38.3 Å². The molecular formula is C18H29ClN4O3. The molecule has 1 aromatic carbocycles. The zero-order chi connectivity index (χ0) is 19.1. The van der Waals surface area contributed by atoms with Gasteiger partial charge in [-0.25, -0.2) is 4.79 Å². The Morgan fingerprint density at radius 3 is 2.38 bits per heavy atom. The highest BCUT2D eigenvalue weighted by atomic mass is 35.5. The van der Waals surface area contributed by atoms with Crippen LogP contribution in [-0.2, 0) is 0 Å². The van der Waals surface area contributed by atoms with Gasteiger partial charge < -0.3 is 24.6 Å². The lowest BCUT2D eigenvalue weighted by atomic mass is 10.2. The maximum absolute atomic E-state index is 12.6. The third kappa shape index (κ3) is 5.65. The third-order valence-corrected chi connectivity index (χ3v) is 4.75. The van der Waals surface area contributed by atoms with Crippen LogP contribution in [0.25, 0.3) is 0 Å². The van der Waals surface area contributed by atoms with E-state index in [0.29, 0.717) is 35.3 Å². The molecule has 2 amide bonds. The summed E-state index contributed by atoms with van der Waals surface area (Å²) in [7, 11) is 7.25. The number of rotatable bonds is 7. The highest BCUT2D eigenvalue weighted by Crippen LogP contribution is 2.36. The first kappa shape index (κ1) is 20.6. The van der Waals surface area contributed by atoms with Crippen molar-refractivity contribution in [3.63, 3.8) is 0 Å². The van der Waals surface area contributed by atoms with Crippen molar-refractivity contribution in [1.82, 2.24) is 14.7 Å². The van der Waals surface area contributed by atoms with E-state index in [1.807, 2.05) is 4.90 Å². The number of methoxy groups -OCH3 is 2. The molecule has 8 heteroatoms. The van der Waals surface area contributed by atoms with Gasteiger partial charge in [-0.1, -0.05) is 11.6 Å². The van der Waals surface area contributed by atoms with Crippen molar-refractivity contribution in [2.75, 3.05) is 72.9 Å². The molecule has 0 unspecified atom stereocenters. The molecule has 0 aliphatic carbocycles. The highest BCUT2D eigenvalue weighted by Gasteiger charge is 2.22. The Labute approximate surface area is 160 Å². The quantitative estimate of drug-likeness (QED) is 0.782. The molecule has 0 atom stereocenters. The number of carbonyl (C=O) groups excluding carboxylic acids is 1. The van der Waals surface area contributed by atoms with Crippen LogP contribution in [0.15, 0.2) is 12.1 Å². The molecule has 0 radical (unpaired) electrons. The number of piperazine rings is 1. The van der Waals surface area contributed by atoms with Gasteiger partial charge in [-0.15, -0.1) is 0 Å². The van der Waals surface area contributed by atoms with Gasteiger partial charge in [-0.05, 0) is 33.6 Å². The van der Waals surface area contributed by atoms with Crippen LogP contribution in [0.2, 0.25) is 5.02 Å². The number of carbonyl (C=O) groups is 1. The Bertz CT molecular complexity index is 604. The first-order valence-corrected chi connectivity index (χ1v) is 9.17. The van der Waals surface area contributed by atoms with E-state index in [0.717, 1.165) is 32.6 Å². The fourth-order valence-electron chi connectivity index (χ4n) is 2.94. The molecule has 1 aliphatic heterocycles. The zero-order valence-electron chi connectivity index (χ0n) is 16.0. The lowest BCUT2D eigenvalue weighted by molar-refractivity contribution is 0.144. The van der Waals surface area contributed by atoms with Crippen LogP contribution in [0.1, 0.15) is 6.42 Å². The van der Waals surface area contributed by atoms with E-state index < -0.39 is 0 Å². The van der Waals surface area contributed by atoms with E-state index in [2.05, 4.69) is 29.2 Å². The molecule has 1 N–H and O–H groups in total. The normalized spacial score (nSPS) is 15.2. The van der Waals surface area contributed by atoms with Gasteiger partial charge in [-0.2, -0.15) is 0 Å². The number of hydrogen-bond acceptors (Lipinski definition) is 5. The Morgan fingerprint density at radius 2 is 1.81 bits per heavy atom. The molecule has 0 aromatic heterocycles. The van der Waals surface area contributed by atoms with E-state index in [9.17, 15) is 4.79 Å². The van der Waals surface area contributed by atoms with Crippen molar-refractivity contribution in [3.05, 3.63) is 17.2 Å². The van der Waals surface area contributed by atoms with E-state index >= 15 is 0 Å². The van der Waals surface area contributed by atoms with Crippen molar-refractivity contribution >= 4 is 23.3 Å². The SMILES string of the molecule is COc1cc(NC(=O)N2CCN(CCCN(C)C)CC2)c(OC)cc1Cl. The molecule has 0 saturated carbocycles. The number of nitrogens with one attached hydrogen (secondary N) is 1. The molecule has 0 spiro atoms. The average Bonchev–Trinajstić information content (AvgIpc) is 2.63. The Hall–Kier alpha value is -1.70. The maximum atomic E-state index is 12.6.